The molecule has 0 amide bonds. The molecule has 0 saturated carbocycles. The van der Waals surface area contributed by atoms with Crippen molar-refractivity contribution in [2.24, 2.45) is 0 Å². The molecule has 0 fully saturated rings. The molecule has 1 aromatic carbocycles. The van der Waals surface area contributed by atoms with E-state index in [0.29, 0.717) is 42.2 Å². The van der Waals surface area contributed by atoms with Crippen molar-refractivity contribution >= 4 is 21.6 Å². The van der Waals surface area contributed by atoms with Gasteiger partial charge in [0.1, 0.15) is 6.61 Å². The number of rotatable bonds is 9. The van der Waals surface area contributed by atoms with E-state index >= 15 is 0 Å². The number of nitro benzene ring substituents is 1. The van der Waals surface area contributed by atoms with Crippen molar-refractivity contribution in [3.63, 3.8) is 0 Å². The van der Waals surface area contributed by atoms with Crippen LogP contribution in [0.1, 0.15) is 18.9 Å². The fourth-order valence-electron chi connectivity index (χ4n) is 1.60. The van der Waals surface area contributed by atoms with Crippen LogP contribution in [0.25, 0.3) is 0 Å². The lowest BCUT2D eigenvalue weighted by atomic mass is 10.2. The van der Waals surface area contributed by atoms with Gasteiger partial charge in [-0.25, -0.2) is 0 Å². The highest BCUT2D eigenvalue weighted by atomic mass is 79.9. The van der Waals surface area contributed by atoms with Gasteiger partial charge in [0.05, 0.1) is 24.7 Å². The maximum absolute atomic E-state index is 11.0. The van der Waals surface area contributed by atoms with E-state index in [9.17, 15) is 10.1 Å². The van der Waals surface area contributed by atoms with Crippen LogP contribution >= 0.6 is 15.9 Å². The summed E-state index contributed by atoms with van der Waals surface area (Å²) in [5, 5.41) is 11.4. The molecule has 7 heteroatoms. The summed E-state index contributed by atoms with van der Waals surface area (Å²) in [6.07, 6.45) is 0.939. The second-order valence-electron chi connectivity index (χ2n) is 3.98. The predicted octanol–water partition coefficient (Wildman–Crippen LogP) is 3.30. The largest absolute Gasteiger partial charge is 0.493 e. The fourth-order valence-corrected chi connectivity index (χ4v) is 2.05. The summed E-state index contributed by atoms with van der Waals surface area (Å²) in [4.78, 5) is 10.6. The van der Waals surface area contributed by atoms with Gasteiger partial charge in [-0.3, -0.25) is 10.1 Å². The maximum atomic E-state index is 11.0. The molecule has 20 heavy (non-hydrogen) atoms. The molecule has 0 N–H and O–H groups in total. The third-order valence-electron chi connectivity index (χ3n) is 2.54. The van der Waals surface area contributed by atoms with Gasteiger partial charge in [0, 0.05) is 17.5 Å². The van der Waals surface area contributed by atoms with Crippen molar-refractivity contribution in [3.05, 3.63) is 27.8 Å². The number of ether oxygens (including phenoxy) is 3. The van der Waals surface area contributed by atoms with Gasteiger partial charge >= 0.3 is 0 Å². The third-order valence-corrected chi connectivity index (χ3v) is 3.14. The molecule has 0 atom stereocenters. The SMILES string of the molecule is CCCOCCOc1cc([N+](=O)[O-])c(CBr)cc1OC. The van der Waals surface area contributed by atoms with E-state index in [-0.39, 0.29) is 5.69 Å². The summed E-state index contributed by atoms with van der Waals surface area (Å²) in [5.74, 6) is 0.824. The molecule has 1 aromatic rings. The molecular formula is C13H18BrNO5. The van der Waals surface area contributed by atoms with Gasteiger partial charge in [-0.1, -0.05) is 22.9 Å². The zero-order chi connectivity index (χ0) is 15.0. The number of alkyl halides is 1. The minimum atomic E-state index is -0.434. The van der Waals surface area contributed by atoms with Crippen molar-refractivity contribution in [3.8, 4) is 11.5 Å². The van der Waals surface area contributed by atoms with E-state index in [1.165, 1.54) is 13.2 Å². The van der Waals surface area contributed by atoms with Crippen LogP contribution in [0.3, 0.4) is 0 Å². The molecule has 0 bridgehead atoms. The Balaban J connectivity index is 2.82. The number of benzene rings is 1. The number of nitrogens with zero attached hydrogens (tertiary/aromatic N) is 1. The Morgan fingerprint density at radius 1 is 1.25 bits per heavy atom. The number of methoxy groups -OCH3 is 1. The molecule has 0 radical (unpaired) electrons. The lowest BCUT2D eigenvalue weighted by molar-refractivity contribution is -0.385. The van der Waals surface area contributed by atoms with Gasteiger partial charge < -0.3 is 14.2 Å². The molecule has 1 rings (SSSR count). The lowest BCUT2D eigenvalue weighted by Crippen LogP contribution is -2.08. The monoisotopic (exact) mass is 347 g/mol. The molecule has 6 nitrogen and oxygen atoms in total. The van der Waals surface area contributed by atoms with Crippen molar-refractivity contribution in [2.75, 3.05) is 26.9 Å². The highest BCUT2D eigenvalue weighted by molar-refractivity contribution is 9.08. The van der Waals surface area contributed by atoms with E-state index in [0.717, 1.165) is 6.42 Å². The zero-order valence-corrected chi connectivity index (χ0v) is 13.1. The average Bonchev–Trinajstić information content (AvgIpc) is 2.46. The third kappa shape index (κ3) is 4.64. The summed E-state index contributed by atoms with van der Waals surface area (Å²) >= 11 is 3.22. The van der Waals surface area contributed by atoms with Crippen molar-refractivity contribution in [1.29, 1.82) is 0 Å². The summed E-state index contributed by atoms with van der Waals surface area (Å²) in [5.41, 5.74) is 0.550. The van der Waals surface area contributed by atoms with Crippen LogP contribution in [0.4, 0.5) is 5.69 Å². The van der Waals surface area contributed by atoms with Crippen molar-refractivity contribution < 1.29 is 19.1 Å². The first-order valence-corrected chi connectivity index (χ1v) is 7.38. The van der Waals surface area contributed by atoms with Gasteiger partial charge in [0.2, 0.25) is 0 Å². The molecular weight excluding hydrogens is 330 g/mol. The number of halogens is 1. The quantitative estimate of drug-likeness (QED) is 0.296. The van der Waals surface area contributed by atoms with Crippen molar-refractivity contribution in [1.82, 2.24) is 0 Å². The van der Waals surface area contributed by atoms with E-state index in [4.69, 9.17) is 14.2 Å². The van der Waals surface area contributed by atoms with Crippen LogP contribution in [0.5, 0.6) is 11.5 Å². The summed E-state index contributed by atoms with van der Waals surface area (Å²) in [7, 11) is 1.50. The Kier molecular flexibility index (Phi) is 7.32. The van der Waals surface area contributed by atoms with Gasteiger partial charge in [0.15, 0.2) is 11.5 Å². The van der Waals surface area contributed by atoms with E-state index < -0.39 is 4.92 Å². The first kappa shape index (κ1) is 16.7. The Morgan fingerprint density at radius 3 is 2.55 bits per heavy atom. The normalized spacial score (nSPS) is 10.3. The Hall–Kier alpha value is -1.34. The van der Waals surface area contributed by atoms with E-state index in [2.05, 4.69) is 15.9 Å². The Morgan fingerprint density at radius 2 is 2.00 bits per heavy atom. The van der Waals surface area contributed by atoms with Gasteiger partial charge in [-0.2, -0.15) is 0 Å². The Labute approximate surface area is 126 Å². The standard InChI is InChI=1S/C13H18BrNO5/c1-3-4-19-5-6-20-13-8-11(15(16)17)10(9-14)7-12(13)18-2/h7-8H,3-6,9H2,1-2H3. The molecule has 0 aliphatic rings. The summed E-state index contributed by atoms with van der Waals surface area (Å²) in [6, 6.07) is 2.99. The molecule has 0 saturated heterocycles. The lowest BCUT2D eigenvalue weighted by Gasteiger charge is -2.12. The number of nitro groups is 1. The molecule has 0 aliphatic carbocycles. The van der Waals surface area contributed by atoms with Crippen LogP contribution in [0, 0.1) is 10.1 Å². The van der Waals surface area contributed by atoms with Crippen LogP contribution in [0.15, 0.2) is 12.1 Å². The number of hydrogen-bond donors (Lipinski definition) is 0. The van der Waals surface area contributed by atoms with Crippen LogP contribution < -0.4 is 9.47 Å². The number of hydrogen-bond acceptors (Lipinski definition) is 5. The predicted molar refractivity (Wildman–Crippen MR) is 78.9 cm³/mol. The smallest absolute Gasteiger partial charge is 0.277 e. The molecule has 0 aromatic heterocycles. The second kappa shape index (κ2) is 8.76. The first-order chi connectivity index (χ1) is 9.63. The fraction of sp³-hybridized carbons (Fsp3) is 0.538. The average molecular weight is 348 g/mol. The molecule has 0 unspecified atom stereocenters. The Bertz CT molecular complexity index is 453. The topological polar surface area (TPSA) is 70.8 Å². The zero-order valence-electron chi connectivity index (χ0n) is 11.6. The van der Waals surface area contributed by atoms with Gasteiger partial charge in [0.25, 0.3) is 5.69 Å². The maximum Gasteiger partial charge on any atom is 0.277 e. The minimum absolute atomic E-state index is 0.00662. The van der Waals surface area contributed by atoms with Crippen LogP contribution in [-0.2, 0) is 10.1 Å². The molecule has 0 spiro atoms. The van der Waals surface area contributed by atoms with E-state index in [1.54, 1.807) is 6.07 Å². The molecule has 112 valence electrons. The minimum Gasteiger partial charge on any atom is -0.493 e. The summed E-state index contributed by atoms with van der Waals surface area (Å²) in [6.45, 7) is 3.45. The molecule has 0 heterocycles. The highest BCUT2D eigenvalue weighted by Gasteiger charge is 2.18. The van der Waals surface area contributed by atoms with Crippen LogP contribution in [0.2, 0.25) is 0 Å². The van der Waals surface area contributed by atoms with Gasteiger partial charge in [-0.05, 0) is 12.5 Å². The second-order valence-corrected chi connectivity index (χ2v) is 4.54. The van der Waals surface area contributed by atoms with Crippen LogP contribution in [-0.4, -0.2) is 31.9 Å². The van der Waals surface area contributed by atoms with Gasteiger partial charge in [-0.15, -0.1) is 0 Å². The summed E-state index contributed by atoms with van der Waals surface area (Å²) < 4.78 is 16.0. The first-order valence-electron chi connectivity index (χ1n) is 6.25. The van der Waals surface area contributed by atoms with Crippen molar-refractivity contribution in [2.45, 2.75) is 18.7 Å². The molecule has 0 aliphatic heterocycles. The van der Waals surface area contributed by atoms with E-state index in [1.807, 2.05) is 6.92 Å². The highest BCUT2D eigenvalue weighted by Crippen LogP contribution is 2.35.